The SMILES string of the molecule is CN1C(=O)c2ccccc2[C@]1(O)C(=O)N1CCOCC1. The Morgan fingerprint density at radius 3 is 2.65 bits per heavy atom. The molecule has 106 valence electrons. The van der Waals surface area contributed by atoms with Crippen molar-refractivity contribution in [2.75, 3.05) is 33.4 Å². The molecule has 1 N–H and O–H groups in total. The van der Waals surface area contributed by atoms with Crippen molar-refractivity contribution in [2.24, 2.45) is 0 Å². The van der Waals surface area contributed by atoms with Gasteiger partial charge in [-0.15, -0.1) is 0 Å². The molecule has 0 radical (unpaired) electrons. The Bertz CT molecular complexity index is 568. The molecule has 2 aliphatic rings. The molecule has 1 aromatic carbocycles. The zero-order valence-corrected chi connectivity index (χ0v) is 11.2. The van der Waals surface area contributed by atoms with Crippen molar-refractivity contribution in [2.45, 2.75) is 5.72 Å². The predicted octanol–water partition coefficient (Wildman–Crippen LogP) is -0.224. The average molecular weight is 276 g/mol. The zero-order valence-electron chi connectivity index (χ0n) is 11.2. The van der Waals surface area contributed by atoms with Gasteiger partial charge in [-0.1, -0.05) is 18.2 Å². The van der Waals surface area contributed by atoms with Gasteiger partial charge in [0, 0.05) is 31.3 Å². The maximum absolute atomic E-state index is 12.7. The third-order valence-corrected chi connectivity index (χ3v) is 3.92. The number of carbonyl (C=O) groups excluding carboxylic acids is 2. The Labute approximate surface area is 116 Å². The van der Waals surface area contributed by atoms with Crippen LogP contribution in [0.25, 0.3) is 0 Å². The number of ether oxygens (including phenoxy) is 1. The van der Waals surface area contributed by atoms with Gasteiger partial charge in [0.1, 0.15) is 0 Å². The number of fused-ring (bicyclic) bond motifs is 1. The predicted molar refractivity (Wildman–Crippen MR) is 69.8 cm³/mol. The number of hydrogen-bond donors (Lipinski definition) is 1. The molecule has 0 unspecified atom stereocenters. The van der Waals surface area contributed by atoms with E-state index in [0.29, 0.717) is 37.4 Å². The number of morpholine rings is 1. The van der Waals surface area contributed by atoms with Crippen LogP contribution in [-0.2, 0) is 15.3 Å². The highest BCUT2D eigenvalue weighted by molar-refractivity contribution is 6.05. The van der Waals surface area contributed by atoms with Crippen LogP contribution >= 0.6 is 0 Å². The van der Waals surface area contributed by atoms with Gasteiger partial charge in [-0.05, 0) is 6.07 Å². The highest BCUT2D eigenvalue weighted by Gasteiger charge is 2.53. The second-order valence-electron chi connectivity index (χ2n) is 4.99. The van der Waals surface area contributed by atoms with Crippen molar-refractivity contribution in [1.29, 1.82) is 0 Å². The first kappa shape index (κ1) is 13.1. The van der Waals surface area contributed by atoms with Crippen LogP contribution in [-0.4, -0.2) is 60.1 Å². The molecule has 0 spiro atoms. The summed E-state index contributed by atoms with van der Waals surface area (Å²) in [5, 5.41) is 10.9. The molecule has 0 saturated carbocycles. The van der Waals surface area contributed by atoms with E-state index >= 15 is 0 Å². The fourth-order valence-corrected chi connectivity index (χ4v) is 2.73. The molecular weight excluding hydrogens is 260 g/mol. The van der Waals surface area contributed by atoms with E-state index in [1.807, 2.05) is 0 Å². The normalized spacial score (nSPS) is 25.8. The van der Waals surface area contributed by atoms with Crippen LogP contribution in [0.1, 0.15) is 15.9 Å². The Morgan fingerprint density at radius 1 is 1.30 bits per heavy atom. The fraction of sp³-hybridized carbons (Fsp3) is 0.429. The Balaban J connectivity index is 2.02. The number of likely N-dealkylation sites (N-methyl/N-ethyl adjacent to an activating group) is 1. The second kappa shape index (κ2) is 4.57. The Kier molecular flexibility index (Phi) is 2.99. The Morgan fingerprint density at radius 2 is 1.95 bits per heavy atom. The summed E-state index contributed by atoms with van der Waals surface area (Å²) in [6, 6.07) is 6.67. The largest absolute Gasteiger partial charge is 0.378 e. The average Bonchev–Trinajstić information content (AvgIpc) is 2.71. The molecular formula is C14H16N2O4. The summed E-state index contributed by atoms with van der Waals surface area (Å²) in [7, 11) is 1.45. The van der Waals surface area contributed by atoms with Crippen LogP contribution in [0.3, 0.4) is 0 Å². The maximum atomic E-state index is 12.7. The van der Waals surface area contributed by atoms with Gasteiger partial charge in [0.05, 0.1) is 13.2 Å². The van der Waals surface area contributed by atoms with E-state index < -0.39 is 11.6 Å². The van der Waals surface area contributed by atoms with E-state index in [9.17, 15) is 14.7 Å². The number of rotatable bonds is 1. The van der Waals surface area contributed by atoms with Crippen molar-refractivity contribution in [1.82, 2.24) is 9.80 Å². The number of aliphatic hydroxyl groups is 1. The van der Waals surface area contributed by atoms with E-state index in [1.54, 1.807) is 24.3 Å². The lowest BCUT2D eigenvalue weighted by atomic mass is 10.00. The van der Waals surface area contributed by atoms with E-state index in [-0.39, 0.29) is 5.91 Å². The standard InChI is InChI=1S/C14H16N2O4/c1-15-12(17)10-4-2-3-5-11(10)14(15,19)13(18)16-6-8-20-9-7-16/h2-5,19H,6-9H2,1H3/t14-/m0/s1. The van der Waals surface area contributed by atoms with Crippen molar-refractivity contribution >= 4 is 11.8 Å². The van der Waals surface area contributed by atoms with Gasteiger partial charge in [-0.3, -0.25) is 9.59 Å². The number of benzene rings is 1. The molecule has 3 rings (SSSR count). The van der Waals surface area contributed by atoms with Gasteiger partial charge < -0.3 is 19.6 Å². The lowest BCUT2D eigenvalue weighted by Gasteiger charge is -2.36. The molecule has 6 nitrogen and oxygen atoms in total. The van der Waals surface area contributed by atoms with E-state index in [4.69, 9.17) is 4.74 Å². The number of nitrogens with zero attached hydrogens (tertiary/aromatic N) is 2. The first-order chi connectivity index (χ1) is 9.56. The second-order valence-corrected chi connectivity index (χ2v) is 4.99. The molecule has 2 heterocycles. The molecule has 1 aromatic rings. The minimum Gasteiger partial charge on any atom is -0.378 e. The summed E-state index contributed by atoms with van der Waals surface area (Å²) in [6.45, 7) is 1.74. The van der Waals surface area contributed by atoms with Crippen molar-refractivity contribution in [3.8, 4) is 0 Å². The third-order valence-electron chi connectivity index (χ3n) is 3.92. The molecule has 2 amide bonds. The molecule has 20 heavy (non-hydrogen) atoms. The number of carbonyl (C=O) groups is 2. The van der Waals surface area contributed by atoms with Crippen molar-refractivity contribution < 1.29 is 19.4 Å². The van der Waals surface area contributed by atoms with Crippen LogP contribution in [0, 0.1) is 0 Å². The summed E-state index contributed by atoms with van der Waals surface area (Å²) in [4.78, 5) is 27.5. The fourth-order valence-electron chi connectivity index (χ4n) is 2.73. The smallest absolute Gasteiger partial charge is 0.281 e. The lowest BCUT2D eigenvalue weighted by molar-refractivity contribution is -0.171. The molecule has 1 saturated heterocycles. The first-order valence-corrected chi connectivity index (χ1v) is 6.54. The van der Waals surface area contributed by atoms with Crippen LogP contribution in [0.4, 0.5) is 0 Å². The quantitative estimate of drug-likeness (QED) is 0.769. The van der Waals surface area contributed by atoms with E-state index in [0.717, 1.165) is 4.90 Å². The van der Waals surface area contributed by atoms with Crippen molar-refractivity contribution in [3.05, 3.63) is 35.4 Å². The summed E-state index contributed by atoms with van der Waals surface area (Å²) in [6.07, 6.45) is 0. The van der Waals surface area contributed by atoms with Crippen LogP contribution < -0.4 is 0 Å². The maximum Gasteiger partial charge on any atom is 0.281 e. The van der Waals surface area contributed by atoms with Gasteiger partial charge in [-0.2, -0.15) is 0 Å². The third kappa shape index (κ3) is 1.65. The topological polar surface area (TPSA) is 70.1 Å². The molecule has 0 aromatic heterocycles. The minimum atomic E-state index is -1.91. The summed E-state index contributed by atoms with van der Waals surface area (Å²) in [5.41, 5.74) is -1.19. The molecule has 1 atom stereocenters. The summed E-state index contributed by atoms with van der Waals surface area (Å²) < 4.78 is 5.21. The van der Waals surface area contributed by atoms with Gasteiger partial charge in [-0.25, -0.2) is 0 Å². The molecule has 0 aliphatic carbocycles. The monoisotopic (exact) mass is 276 g/mol. The van der Waals surface area contributed by atoms with Crippen LogP contribution in [0.15, 0.2) is 24.3 Å². The highest BCUT2D eigenvalue weighted by Crippen LogP contribution is 2.37. The van der Waals surface area contributed by atoms with Crippen molar-refractivity contribution in [3.63, 3.8) is 0 Å². The zero-order chi connectivity index (χ0) is 14.3. The van der Waals surface area contributed by atoms with E-state index in [2.05, 4.69) is 0 Å². The lowest BCUT2D eigenvalue weighted by Crippen LogP contribution is -2.56. The molecule has 2 aliphatic heterocycles. The molecule has 0 bridgehead atoms. The van der Waals surface area contributed by atoms with Crippen LogP contribution in [0.2, 0.25) is 0 Å². The number of amides is 2. The van der Waals surface area contributed by atoms with Gasteiger partial charge in [0.15, 0.2) is 0 Å². The van der Waals surface area contributed by atoms with Crippen LogP contribution in [0.5, 0.6) is 0 Å². The minimum absolute atomic E-state index is 0.343. The number of hydrogen-bond acceptors (Lipinski definition) is 4. The molecule has 6 heteroatoms. The molecule has 1 fully saturated rings. The Hall–Kier alpha value is -1.92. The first-order valence-electron chi connectivity index (χ1n) is 6.54. The van der Waals surface area contributed by atoms with Gasteiger partial charge >= 0.3 is 0 Å². The highest BCUT2D eigenvalue weighted by atomic mass is 16.5. The van der Waals surface area contributed by atoms with E-state index in [1.165, 1.54) is 11.9 Å². The van der Waals surface area contributed by atoms with Gasteiger partial charge in [0.25, 0.3) is 11.8 Å². The summed E-state index contributed by atoms with van der Waals surface area (Å²) >= 11 is 0. The summed E-state index contributed by atoms with van der Waals surface area (Å²) in [5.74, 6) is -0.814. The van der Waals surface area contributed by atoms with Gasteiger partial charge in [0.2, 0.25) is 5.72 Å².